The van der Waals surface area contributed by atoms with E-state index in [9.17, 15) is 4.79 Å². The SMILES string of the molecule is CCC1(N)CC1c1ccc(NC(=O)c2ccc(C3CCN(C)CC3)cc2)cc1. The van der Waals surface area contributed by atoms with Gasteiger partial charge in [-0.3, -0.25) is 4.79 Å². The predicted octanol–water partition coefficient (Wildman–Crippen LogP) is 4.34. The van der Waals surface area contributed by atoms with E-state index in [0.717, 1.165) is 31.6 Å². The highest BCUT2D eigenvalue weighted by atomic mass is 16.1. The summed E-state index contributed by atoms with van der Waals surface area (Å²) in [5, 5.41) is 3.01. The Morgan fingerprint density at radius 1 is 1.07 bits per heavy atom. The Hall–Kier alpha value is -2.17. The largest absolute Gasteiger partial charge is 0.325 e. The lowest BCUT2D eigenvalue weighted by molar-refractivity contribution is 0.102. The Morgan fingerprint density at radius 3 is 2.25 bits per heavy atom. The maximum Gasteiger partial charge on any atom is 0.255 e. The van der Waals surface area contributed by atoms with Crippen LogP contribution in [-0.2, 0) is 0 Å². The Labute approximate surface area is 168 Å². The molecule has 148 valence electrons. The number of benzene rings is 2. The van der Waals surface area contributed by atoms with Gasteiger partial charge in [-0.1, -0.05) is 31.2 Å². The van der Waals surface area contributed by atoms with Crippen molar-refractivity contribution in [3.05, 3.63) is 65.2 Å². The highest BCUT2D eigenvalue weighted by Crippen LogP contribution is 2.51. The van der Waals surface area contributed by atoms with Gasteiger partial charge in [-0.05, 0) is 87.1 Å². The zero-order chi connectivity index (χ0) is 19.7. The van der Waals surface area contributed by atoms with Crippen LogP contribution in [-0.4, -0.2) is 36.5 Å². The first kappa shape index (κ1) is 19.2. The summed E-state index contributed by atoms with van der Waals surface area (Å²) in [4.78, 5) is 15.0. The van der Waals surface area contributed by atoms with Gasteiger partial charge in [0.1, 0.15) is 0 Å². The van der Waals surface area contributed by atoms with Crippen molar-refractivity contribution in [1.29, 1.82) is 0 Å². The molecule has 2 aromatic rings. The molecule has 2 fully saturated rings. The summed E-state index contributed by atoms with van der Waals surface area (Å²) < 4.78 is 0. The monoisotopic (exact) mass is 377 g/mol. The first-order chi connectivity index (χ1) is 13.5. The molecule has 0 aromatic heterocycles. The molecular formula is C24H31N3O. The van der Waals surface area contributed by atoms with Gasteiger partial charge in [0.15, 0.2) is 0 Å². The molecule has 4 heteroatoms. The number of anilines is 1. The molecule has 0 radical (unpaired) electrons. The van der Waals surface area contributed by atoms with Crippen LogP contribution >= 0.6 is 0 Å². The summed E-state index contributed by atoms with van der Waals surface area (Å²) in [6.45, 7) is 4.44. The predicted molar refractivity (Wildman–Crippen MR) is 115 cm³/mol. The number of carbonyl (C=O) groups is 1. The second-order valence-electron chi connectivity index (χ2n) is 8.62. The van der Waals surface area contributed by atoms with Gasteiger partial charge in [0.05, 0.1) is 0 Å². The molecule has 1 amide bonds. The summed E-state index contributed by atoms with van der Waals surface area (Å²) in [5.74, 6) is 1.01. The van der Waals surface area contributed by atoms with E-state index in [2.05, 4.69) is 48.5 Å². The average Bonchev–Trinajstić information content (AvgIpc) is 3.41. The summed E-state index contributed by atoms with van der Waals surface area (Å²) in [7, 11) is 2.18. The van der Waals surface area contributed by atoms with Gasteiger partial charge in [-0.15, -0.1) is 0 Å². The molecule has 2 aliphatic rings. The fraction of sp³-hybridized carbons (Fsp3) is 0.458. The lowest BCUT2D eigenvalue weighted by Crippen LogP contribution is -2.29. The van der Waals surface area contributed by atoms with Crippen LogP contribution < -0.4 is 11.1 Å². The van der Waals surface area contributed by atoms with Gasteiger partial charge < -0.3 is 16.0 Å². The molecule has 2 unspecified atom stereocenters. The number of hydrogen-bond acceptors (Lipinski definition) is 3. The molecule has 28 heavy (non-hydrogen) atoms. The normalized spacial score (nSPS) is 25.5. The standard InChI is InChI=1S/C24H31N3O/c1-3-24(25)16-22(24)19-8-10-21(11-9-19)26-23(28)20-6-4-17(5-7-20)18-12-14-27(2)15-13-18/h4-11,18,22H,3,12-16,25H2,1-2H3,(H,26,28). The number of nitrogens with one attached hydrogen (secondary N) is 1. The molecule has 2 aromatic carbocycles. The summed E-state index contributed by atoms with van der Waals surface area (Å²) in [6.07, 6.45) is 4.44. The molecular weight excluding hydrogens is 346 g/mol. The minimum atomic E-state index is -0.0594. The molecule has 0 bridgehead atoms. The van der Waals surface area contributed by atoms with Crippen LogP contribution in [0.3, 0.4) is 0 Å². The third-order valence-electron chi connectivity index (χ3n) is 6.71. The van der Waals surface area contributed by atoms with Crippen LogP contribution in [0.5, 0.6) is 0 Å². The molecule has 0 spiro atoms. The maximum atomic E-state index is 12.6. The van der Waals surface area contributed by atoms with Gasteiger partial charge in [0.25, 0.3) is 5.91 Å². The second kappa shape index (κ2) is 7.69. The van der Waals surface area contributed by atoms with Crippen molar-refractivity contribution in [3.8, 4) is 0 Å². The van der Waals surface area contributed by atoms with Crippen LogP contribution in [0.4, 0.5) is 5.69 Å². The maximum absolute atomic E-state index is 12.6. The summed E-state index contributed by atoms with van der Waals surface area (Å²) in [5.41, 5.74) is 10.4. The van der Waals surface area contributed by atoms with E-state index in [4.69, 9.17) is 5.73 Å². The second-order valence-corrected chi connectivity index (χ2v) is 8.62. The van der Waals surface area contributed by atoms with E-state index < -0.39 is 0 Å². The zero-order valence-corrected chi connectivity index (χ0v) is 16.9. The molecule has 3 N–H and O–H groups in total. The quantitative estimate of drug-likeness (QED) is 0.815. The van der Waals surface area contributed by atoms with Crippen molar-refractivity contribution >= 4 is 11.6 Å². The lowest BCUT2D eigenvalue weighted by Gasteiger charge is -2.29. The van der Waals surface area contributed by atoms with Crippen molar-refractivity contribution in [2.75, 3.05) is 25.5 Å². The highest BCUT2D eigenvalue weighted by molar-refractivity contribution is 6.04. The number of rotatable bonds is 5. The van der Waals surface area contributed by atoms with E-state index in [1.807, 2.05) is 24.3 Å². The Bertz CT molecular complexity index is 822. The average molecular weight is 378 g/mol. The number of likely N-dealkylation sites (tertiary alicyclic amines) is 1. The third kappa shape index (κ3) is 3.98. The molecule has 1 saturated carbocycles. The van der Waals surface area contributed by atoms with Crippen LogP contribution in [0.15, 0.2) is 48.5 Å². The molecule has 4 rings (SSSR count). The number of hydrogen-bond donors (Lipinski definition) is 2. The number of amides is 1. The van der Waals surface area contributed by atoms with E-state index in [1.165, 1.54) is 24.0 Å². The van der Waals surface area contributed by atoms with Gasteiger partial charge >= 0.3 is 0 Å². The minimum Gasteiger partial charge on any atom is -0.325 e. The summed E-state index contributed by atoms with van der Waals surface area (Å²) >= 11 is 0. The first-order valence-corrected chi connectivity index (χ1v) is 10.5. The smallest absolute Gasteiger partial charge is 0.255 e. The van der Waals surface area contributed by atoms with Crippen LogP contribution in [0.2, 0.25) is 0 Å². The van der Waals surface area contributed by atoms with Gasteiger partial charge in [0.2, 0.25) is 0 Å². The topological polar surface area (TPSA) is 58.4 Å². The van der Waals surface area contributed by atoms with Gasteiger partial charge in [-0.25, -0.2) is 0 Å². The highest BCUT2D eigenvalue weighted by Gasteiger charge is 2.49. The van der Waals surface area contributed by atoms with E-state index >= 15 is 0 Å². The fourth-order valence-electron chi connectivity index (χ4n) is 4.41. The van der Waals surface area contributed by atoms with E-state index in [0.29, 0.717) is 17.4 Å². The van der Waals surface area contributed by atoms with Crippen LogP contribution in [0, 0.1) is 0 Å². The van der Waals surface area contributed by atoms with E-state index in [1.54, 1.807) is 0 Å². The third-order valence-corrected chi connectivity index (χ3v) is 6.71. The number of nitrogens with zero attached hydrogens (tertiary/aromatic N) is 1. The van der Waals surface area contributed by atoms with E-state index in [-0.39, 0.29) is 11.4 Å². The van der Waals surface area contributed by atoms with Crippen molar-refractivity contribution in [2.45, 2.75) is 50.0 Å². The van der Waals surface area contributed by atoms with Crippen LogP contribution in [0.1, 0.15) is 65.9 Å². The number of piperidine rings is 1. The fourth-order valence-corrected chi connectivity index (χ4v) is 4.41. The summed E-state index contributed by atoms with van der Waals surface area (Å²) in [6, 6.07) is 16.3. The van der Waals surface area contributed by atoms with Crippen molar-refractivity contribution in [2.24, 2.45) is 5.73 Å². The van der Waals surface area contributed by atoms with Crippen molar-refractivity contribution < 1.29 is 4.79 Å². The lowest BCUT2D eigenvalue weighted by atomic mass is 9.89. The Morgan fingerprint density at radius 2 is 1.68 bits per heavy atom. The molecule has 1 heterocycles. The van der Waals surface area contributed by atoms with Crippen LogP contribution in [0.25, 0.3) is 0 Å². The Balaban J connectivity index is 1.36. The molecule has 4 nitrogen and oxygen atoms in total. The van der Waals surface area contributed by atoms with Gasteiger partial charge in [-0.2, -0.15) is 0 Å². The first-order valence-electron chi connectivity index (χ1n) is 10.5. The number of carbonyl (C=O) groups excluding carboxylic acids is 1. The molecule has 1 aliphatic carbocycles. The Kier molecular flexibility index (Phi) is 5.26. The zero-order valence-electron chi connectivity index (χ0n) is 16.9. The van der Waals surface area contributed by atoms with Crippen molar-refractivity contribution in [1.82, 2.24) is 4.90 Å². The van der Waals surface area contributed by atoms with Gasteiger partial charge in [0, 0.05) is 22.7 Å². The molecule has 1 aliphatic heterocycles. The number of nitrogens with two attached hydrogens (primary N) is 1. The minimum absolute atomic E-state index is 0.0275. The molecule has 2 atom stereocenters. The molecule has 1 saturated heterocycles. The van der Waals surface area contributed by atoms with Crippen molar-refractivity contribution in [3.63, 3.8) is 0 Å².